The molecule has 1 nitrogen and oxygen atoms in total. The van der Waals surface area contributed by atoms with E-state index in [4.69, 9.17) is 5.26 Å². The van der Waals surface area contributed by atoms with Crippen LogP contribution >= 0.6 is 11.8 Å². The molecule has 22 heavy (non-hydrogen) atoms. The predicted octanol–water partition coefficient (Wildman–Crippen LogP) is 5.33. The van der Waals surface area contributed by atoms with Crippen LogP contribution in [0, 0.1) is 24.1 Å². The van der Waals surface area contributed by atoms with Gasteiger partial charge in [0.05, 0.1) is 5.56 Å². The van der Waals surface area contributed by atoms with Crippen molar-refractivity contribution in [2.45, 2.75) is 23.7 Å². The number of halogens is 4. The molecular weight excluding hydrogens is 314 g/mol. The van der Waals surface area contributed by atoms with E-state index in [2.05, 4.69) is 0 Å². The molecule has 2 aromatic rings. The molecule has 0 aromatic heterocycles. The molecule has 2 aromatic carbocycles. The summed E-state index contributed by atoms with van der Waals surface area (Å²) < 4.78 is 52.0. The zero-order valence-electron chi connectivity index (χ0n) is 11.5. The first-order valence-corrected chi connectivity index (χ1v) is 7.20. The Morgan fingerprint density at radius 3 is 2.27 bits per heavy atom. The number of nitrogens with zero attached hydrogens (tertiary/aromatic N) is 1. The van der Waals surface area contributed by atoms with E-state index in [1.54, 1.807) is 30.3 Å². The van der Waals surface area contributed by atoms with E-state index < -0.39 is 17.7 Å². The molecule has 0 aliphatic heterocycles. The molecule has 0 spiro atoms. The van der Waals surface area contributed by atoms with Gasteiger partial charge in [-0.05, 0) is 24.6 Å². The smallest absolute Gasteiger partial charge is 0.229 e. The van der Waals surface area contributed by atoms with E-state index in [1.807, 2.05) is 6.92 Å². The predicted molar refractivity (Wildman–Crippen MR) is 78.0 cm³/mol. The Hall–Kier alpha value is -2.00. The van der Waals surface area contributed by atoms with Gasteiger partial charge in [-0.3, -0.25) is 0 Å². The highest BCUT2D eigenvalue weighted by Crippen LogP contribution is 2.35. The Morgan fingerprint density at radius 1 is 1.09 bits per heavy atom. The van der Waals surface area contributed by atoms with Gasteiger partial charge < -0.3 is 0 Å². The normalized spacial score (nSPS) is 12.2. The monoisotopic (exact) mass is 325 g/mol. The fourth-order valence-electron chi connectivity index (χ4n) is 1.87. The molecule has 0 bridgehead atoms. The van der Waals surface area contributed by atoms with Crippen LogP contribution in [-0.4, -0.2) is 11.9 Å². The van der Waals surface area contributed by atoms with E-state index >= 15 is 0 Å². The fourth-order valence-corrected chi connectivity index (χ4v) is 2.63. The number of nitriles is 1. The molecule has 0 saturated heterocycles. The van der Waals surface area contributed by atoms with Crippen LogP contribution in [0.1, 0.15) is 11.1 Å². The van der Waals surface area contributed by atoms with Crippen molar-refractivity contribution in [1.29, 1.82) is 5.26 Å². The molecule has 2 rings (SSSR count). The molecule has 0 aliphatic rings. The van der Waals surface area contributed by atoms with Crippen molar-refractivity contribution in [3.8, 4) is 17.2 Å². The summed E-state index contributed by atoms with van der Waals surface area (Å²) in [5, 5.41) is 8.95. The summed E-state index contributed by atoms with van der Waals surface area (Å²) in [4.78, 5) is -0.00715. The van der Waals surface area contributed by atoms with E-state index in [-0.39, 0.29) is 27.8 Å². The highest BCUT2D eigenvalue weighted by molar-refractivity contribution is 7.99. The molecule has 1 atom stereocenters. The summed E-state index contributed by atoms with van der Waals surface area (Å²) >= 11 is 0.218. The van der Waals surface area contributed by atoms with Crippen molar-refractivity contribution in [2.75, 3.05) is 0 Å². The third kappa shape index (κ3) is 3.60. The maximum absolute atomic E-state index is 14.1. The van der Waals surface area contributed by atoms with E-state index in [0.717, 1.165) is 11.6 Å². The zero-order valence-corrected chi connectivity index (χ0v) is 12.3. The van der Waals surface area contributed by atoms with Crippen LogP contribution < -0.4 is 0 Å². The Morgan fingerprint density at radius 2 is 1.73 bits per heavy atom. The van der Waals surface area contributed by atoms with Crippen molar-refractivity contribution >= 4 is 11.8 Å². The maximum atomic E-state index is 14.1. The molecule has 0 fully saturated rings. The summed E-state index contributed by atoms with van der Waals surface area (Å²) in [6, 6.07) is 10.8. The number of rotatable bonds is 4. The maximum Gasteiger partial charge on any atom is 0.278 e. The second-order valence-electron chi connectivity index (χ2n) is 4.61. The average Bonchev–Trinajstić information content (AvgIpc) is 2.49. The fraction of sp³-hybridized carbons (Fsp3) is 0.188. The van der Waals surface area contributed by atoms with Crippen LogP contribution in [0.4, 0.5) is 17.6 Å². The molecule has 6 heteroatoms. The molecular formula is C16H11F4NS. The number of benzene rings is 2. The Labute approximate surface area is 129 Å². The van der Waals surface area contributed by atoms with Gasteiger partial charge in [0.15, 0.2) is 0 Å². The number of hydrogen-bond donors (Lipinski definition) is 0. The summed E-state index contributed by atoms with van der Waals surface area (Å²) in [5.41, 5.74) is -0.983. The SMILES string of the molecule is Cc1ccc(-c2cc(SC(F)C(F)F)c(C#N)cc2F)cc1. The minimum absolute atomic E-state index is 0.00715. The molecule has 0 aliphatic carbocycles. The van der Waals surface area contributed by atoms with Gasteiger partial charge in [-0.15, -0.1) is 0 Å². The van der Waals surface area contributed by atoms with Crippen LogP contribution in [0.5, 0.6) is 0 Å². The standard InChI is InChI=1S/C16H11F4NS/c1-9-2-4-10(5-3-9)12-7-14(22-16(20)15(18)19)11(8-21)6-13(12)17/h2-7,15-16H,1H3. The minimum Gasteiger partial charge on any atom is -0.229 e. The summed E-state index contributed by atoms with van der Waals surface area (Å²) in [7, 11) is 0. The number of thioether (sulfide) groups is 1. The van der Waals surface area contributed by atoms with Gasteiger partial charge in [0, 0.05) is 10.5 Å². The summed E-state index contributed by atoms with van der Waals surface area (Å²) in [6.07, 6.45) is -3.18. The van der Waals surface area contributed by atoms with Crippen LogP contribution in [-0.2, 0) is 0 Å². The molecule has 114 valence electrons. The van der Waals surface area contributed by atoms with E-state index in [1.165, 1.54) is 6.07 Å². The van der Waals surface area contributed by atoms with Gasteiger partial charge in [0.25, 0.3) is 6.43 Å². The van der Waals surface area contributed by atoms with Crippen molar-refractivity contribution in [3.05, 3.63) is 53.3 Å². The van der Waals surface area contributed by atoms with Crippen molar-refractivity contribution in [3.63, 3.8) is 0 Å². The largest absolute Gasteiger partial charge is 0.278 e. The zero-order chi connectivity index (χ0) is 16.3. The third-order valence-electron chi connectivity index (χ3n) is 2.99. The quantitative estimate of drug-likeness (QED) is 0.561. The van der Waals surface area contributed by atoms with Crippen molar-refractivity contribution in [1.82, 2.24) is 0 Å². The molecule has 0 heterocycles. The van der Waals surface area contributed by atoms with E-state index in [0.29, 0.717) is 5.56 Å². The van der Waals surface area contributed by atoms with Gasteiger partial charge in [-0.25, -0.2) is 17.6 Å². The molecule has 1 unspecified atom stereocenters. The second-order valence-corrected chi connectivity index (χ2v) is 5.74. The van der Waals surface area contributed by atoms with Crippen LogP contribution in [0.25, 0.3) is 11.1 Å². The lowest BCUT2D eigenvalue weighted by Crippen LogP contribution is -2.07. The summed E-state index contributed by atoms with van der Waals surface area (Å²) in [5.74, 6) is -0.655. The third-order valence-corrected chi connectivity index (χ3v) is 4.01. The lowest BCUT2D eigenvalue weighted by Gasteiger charge is -2.11. The minimum atomic E-state index is -3.18. The highest BCUT2D eigenvalue weighted by atomic mass is 32.2. The lowest BCUT2D eigenvalue weighted by atomic mass is 10.0. The lowest BCUT2D eigenvalue weighted by molar-refractivity contribution is 0.0953. The highest BCUT2D eigenvalue weighted by Gasteiger charge is 2.23. The van der Waals surface area contributed by atoms with Crippen molar-refractivity contribution in [2.24, 2.45) is 0 Å². The topological polar surface area (TPSA) is 23.8 Å². The number of alkyl halides is 3. The van der Waals surface area contributed by atoms with Gasteiger partial charge >= 0.3 is 0 Å². The summed E-state index contributed by atoms with van der Waals surface area (Å²) in [6.45, 7) is 1.87. The van der Waals surface area contributed by atoms with Crippen LogP contribution in [0.15, 0.2) is 41.3 Å². The molecule has 0 N–H and O–H groups in total. The van der Waals surface area contributed by atoms with Gasteiger partial charge in [-0.1, -0.05) is 41.6 Å². The second kappa shape index (κ2) is 6.84. The molecule has 0 amide bonds. The Balaban J connectivity index is 2.48. The van der Waals surface area contributed by atoms with Gasteiger partial charge in [0.1, 0.15) is 11.9 Å². The van der Waals surface area contributed by atoms with E-state index in [9.17, 15) is 17.6 Å². The number of aryl methyl sites for hydroxylation is 1. The van der Waals surface area contributed by atoms with Crippen molar-refractivity contribution < 1.29 is 17.6 Å². The average molecular weight is 325 g/mol. The first-order chi connectivity index (χ1) is 10.4. The van der Waals surface area contributed by atoms with Crippen LogP contribution in [0.2, 0.25) is 0 Å². The first-order valence-electron chi connectivity index (χ1n) is 6.32. The Bertz CT molecular complexity index is 707. The van der Waals surface area contributed by atoms with Gasteiger partial charge in [0.2, 0.25) is 5.50 Å². The first kappa shape index (κ1) is 16.4. The molecule has 0 radical (unpaired) electrons. The Kier molecular flexibility index (Phi) is 5.09. The molecule has 0 saturated carbocycles. The van der Waals surface area contributed by atoms with Crippen LogP contribution in [0.3, 0.4) is 0 Å². The number of hydrogen-bond acceptors (Lipinski definition) is 2. The van der Waals surface area contributed by atoms with Gasteiger partial charge in [-0.2, -0.15) is 5.26 Å².